The Kier molecular flexibility index (Phi) is 7.14. The van der Waals surface area contributed by atoms with Gasteiger partial charge >= 0.3 is 11.9 Å². The van der Waals surface area contributed by atoms with Gasteiger partial charge < -0.3 is 24.8 Å². The Morgan fingerprint density at radius 2 is 1.43 bits per heavy atom. The lowest BCUT2D eigenvalue weighted by molar-refractivity contribution is -0.612. The second-order valence-electron chi connectivity index (χ2n) is 5.37. The second kappa shape index (κ2) is 9.54. The summed E-state index contributed by atoms with van der Waals surface area (Å²) in [5.74, 6) is 0.589. The fourth-order valence-electron chi connectivity index (χ4n) is 2.37. The van der Waals surface area contributed by atoms with E-state index in [4.69, 9.17) is 0 Å². The van der Waals surface area contributed by atoms with E-state index in [0.717, 1.165) is 0 Å². The second-order valence-corrected chi connectivity index (χ2v) is 5.37. The third kappa shape index (κ3) is 4.48. The molecule has 0 fully saturated rings. The predicted molar refractivity (Wildman–Crippen MR) is 91.0 cm³/mol. The Morgan fingerprint density at radius 1 is 0.857 bits per heavy atom. The molecule has 4 aromatic rings. The van der Waals surface area contributed by atoms with Gasteiger partial charge in [-0.3, -0.25) is 9.78 Å². The van der Waals surface area contributed by atoms with Gasteiger partial charge in [0.05, 0.1) is 24.8 Å². The lowest BCUT2D eigenvalue weighted by Crippen LogP contribution is -3.00. The molecule has 4 rings (SSSR count). The van der Waals surface area contributed by atoms with E-state index in [2.05, 4.69) is 20.5 Å². The summed E-state index contributed by atoms with van der Waals surface area (Å²) in [5.41, 5.74) is 3.24. The molecule has 0 unspecified atom stereocenters. The Hall–Kier alpha value is -3.36. The minimum absolute atomic E-state index is 0. The summed E-state index contributed by atoms with van der Waals surface area (Å²) in [4.78, 5) is 22.3. The molecule has 0 aliphatic carbocycles. The van der Waals surface area contributed by atoms with Crippen molar-refractivity contribution in [2.24, 2.45) is 0 Å². The van der Waals surface area contributed by atoms with Crippen molar-refractivity contribution in [3.63, 3.8) is 0 Å². The predicted octanol–water partition coefficient (Wildman–Crippen LogP) is -5.38. The Bertz CT molecular complexity index is 1030. The number of rotatable bonds is 4. The van der Waals surface area contributed by atoms with Crippen LogP contribution in [0.3, 0.4) is 0 Å². The lowest BCUT2D eigenvalue weighted by Gasteiger charge is -2.00. The number of amides is 1. The fourth-order valence-corrected chi connectivity index (χ4v) is 2.37. The van der Waals surface area contributed by atoms with E-state index in [1.54, 1.807) is 33.7 Å². The Balaban J connectivity index is 0.00000140. The molecule has 0 spiro atoms. The molecule has 0 aliphatic rings. The zero-order valence-electron chi connectivity index (χ0n) is 14.4. The Morgan fingerprint density at radius 3 is 2.04 bits per heavy atom. The van der Waals surface area contributed by atoms with Gasteiger partial charge in [0.2, 0.25) is 0 Å². The summed E-state index contributed by atoms with van der Waals surface area (Å²) in [7, 11) is 0. The summed E-state index contributed by atoms with van der Waals surface area (Å²) < 4.78 is 3.54. The molecule has 28 heavy (non-hydrogen) atoms. The molecule has 0 atom stereocenters. The largest absolute Gasteiger partial charge is 1.00 e. The highest BCUT2D eigenvalue weighted by Crippen LogP contribution is 2.01. The SMILES string of the molecule is O=C(Nn1nc(-[n+]2ccccc2)nc1-[n+]1ccccc1)c1ccncc1.[Cl-].[Cl-]. The summed E-state index contributed by atoms with van der Waals surface area (Å²) in [6.45, 7) is 0. The third-order valence-corrected chi connectivity index (χ3v) is 3.62. The Labute approximate surface area is 173 Å². The molecule has 8 nitrogen and oxygen atoms in total. The minimum Gasteiger partial charge on any atom is -1.00 e. The molecule has 142 valence electrons. The van der Waals surface area contributed by atoms with E-state index in [0.29, 0.717) is 17.5 Å². The number of aromatic nitrogens is 6. The summed E-state index contributed by atoms with van der Waals surface area (Å²) in [5, 5.41) is 4.42. The van der Waals surface area contributed by atoms with Crippen molar-refractivity contribution in [1.82, 2.24) is 19.9 Å². The molecule has 10 heteroatoms. The molecule has 0 aromatic carbocycles. The van der Waals surface area contributed by atoms with Gasteiger partial charge in [-0.1, -0.05) is 12.1 Å². The standard InChI is InChI=1S/C18H14N7O.2ClH/c26-16(15-7-9-19-10-8-15)21-25-18(24-13-5-2-6-14-24)20-17(22-25)23-11-3-1-4-12-23;;/h1-14H;2*1H/q+1;;/p-1. The average molecular weight is 416 g/mol. The van der Waals surface area contributed by atoms with Gasteiger partial charge in [0.1, 0.15) is 5.10 Å². The maximum Gasteiger partial charge on any atom is 0.480 e. The van der Waals surface area contributed by atoms with Crippen LogP contribution in [-0.4, -0.2) is 25.8 Å². The number of carbonyl (C=O) groups is 1. The van der Waals surface area contributed by atoms with E-state index >= 15 is 0 Å². The quantitative estimate of drug-likeness (QED) is 0.337. The molecule has 1 amide bonds. The molecule has 0 radical (unpaired) electrons. The van der Waals surface area contributed by atoms with Crippen LogP contribution < -0.4 is 39.4 Å². The van der Waals surface area contributed by atoms with Gasteiger partial charge in [-0.25, -0.2) is 9.13 Å². The van der Waals surface area contributed by atoms with Crippen LogP contribution in [-0.2, 0) is 0 Å². The summed E-state index contributed by atoms with van der Waals surface area (Å²) in [6, 6.07) is 14.6. The van der Waals surface area contributed by atoms with Crippen LogP contribution in [0.15, 0.2) is 85.7 Å². The number of hydrogen-bond donors (Lipinski definition) is 1. The van der Waals surface area contributed by atoms with Crippen LogP contribution in [0.2, 0.25) is 0 Å². The van der Waals surface area contributed by atoms with Crippen molar-refractivity contribution in [1.29, 1.82) is 0 Å². The van der Waals surface area contributed by atoms with Gasteiger partial charge in [0.15, 0.2) is 0 Å². The van der Waals surface area contributed by atoms with Crippen LogP contribution in [0, 0.1) is 0 Å². The van der Waals surface area contributed by atoms with Crippen LogP contribution >= 0.6 is 0 Å². The number of halogens is 2. The smallest absolute Gasteiger partial charge is 0.480 e. The van der Waals surface area contributed by atoms with Crippen molar-refractivity contribution >= 4 is 5.91 Å². The van der Waals surface area contributed by atoms with Gasteiger partial charge in [-0.15, -0.1) is 0 Å². The molecule has 0 bridgehead atoms. The van der Waals surface area contributed by atoms with Crippen molar-refractivity contribution < 1.29 is 38.7 Å². The first-order chi connectivity index (χ1) is 12.8. The highest BCUT2D eigenvalue weighted by Gasteiger charge is 2.29. The van der Waals surface area contributed by atoms with E-state index in [9.17, 15) is 4.79 Å². The molecule has 0 saturated carbocycles. The monoisotopic (exact) mass is 415 g/mol. The number of nitrogens with zero attached hydrogens (tertiary/aromatic N) is 6. The average Bonchev–Trinajstić information content (AvgIpc) is 3.14. The molecular weight excluding hydrogens is 401 g/mol. The fraction of sp³-hybridized carbons (Fsp3) is 0. The van der Waals surface area contributed by atoms with Crippen LogP contribution in [0.5, 0.6) is 0 Å². The maximum atomic E-state index is 12.5. The van der Waals surface area contributed by atoms with Crippen molar-refractivity contribution in [3.05, 3.63) is 91.3 Å². The molecule has 0 aliphatic heterocycles. The molecule has 1 N–H and O–H groups in total. The molecule has 0 saturated heterocycles. The highest BCUT2D eigenvalue weighted by atomic mass is 35.5. The lowest BCUT2D eigenvalue weighted by atomic mass is 10.3. The zero-order chi connectivity index (χ0) is 17.8. The first-order valence-corrected chi connectivity index (χ1v) is 7.93. The first-order valence-electron chi connectivity index (χ1n) is 7.93. The molecule has 4 aromatic heterocycles. The van der Waals surface area contributed by atoms with Gasteiger partial charge in [0, 0.05) is 27.7 Å². The molecular formula is C18H15Cl2N7O. The number of pyridine rings is 3. The normalized spacial score (nSPS) is 9.71. The topological polar surface area (TPSA) is 80.5 Å². The van der Waals surface area contributed by atoms with E-state index in [1.807, 2.05) is 61.2 Å². The summed E-state index contributed by atoms with van der Waals surface area (Å²) in [6.07, 6.45) is 10.5. The van der Waals surface area contributed by atoms with E-state index in [1.165, 1.54) is 4.79 Å². The third-order valence-electron chi connectivity index (χ3n) is 3.62. The maximum absolute atomic E-state index is 12.5. The minimum atomic E-state index is -0.306. The van der Waals surface area contributed by atoms with Crippen LogP contribution in [0.25, 0.3) is 11.9 Å². The number of carbonyl (C=O) groups excluding carboxylic acids is 1. The van der Waals surface area contributed by atoms with Gasteiger partial charge in [-0.2, -0.15) is 5.43 Å². The highest BCUT2D eigenvalue weighted by molar-refractivity contribution is 5.99. The van der Waals surface area contributed by atoms with E-state index < -0.39 is 0 Å². The zero-order valence-corrected chi connectivity index (χ0v) is 15.9. The number of nitrogens with one attached hydrogen (secondary N) is 1. The van der Waals surface area contributed by atoms with Crippen molar-refractivity contribution in [2.75, 3.05) is 5.43 Å². The number of hydrogen-bond acceptors (Lipinski definition) is 4. The first kappa shape index (κ1) is 20.9. The van der Waals surface area contributed by atoms with E-state index in [-0.39, 0.29) is 30.7 Å². The van der Waals surface area contributed by atoms with Crippen molar-refractivity contribution in [2.45, 2.75) is 0 Å². The van der Waals surface area contributed by atoms with Crippen molar-refractivity contribution in [3.8, 4) is 11.9 Å². The summed E-state index contributed by atoms with van der Waals surface area (Å²) >= 11 is 0. The van der Waals surface area contributed by atoms with Crippen LogP contribution in [0.4, 0.5) is 0 Å². The van der Waals surface area contributed by atoms with Gasteiger partial charge in [0.25, 0.3) is 5.91 Å². The van der Waals surface area contributed by atoms with Crippen LogP contribution in [0.1, 0.15) is 10.4 Å². The molecule has 4 heterocycles. The van der Waals surface area contributed by atoms with Gasteiger partial charge in [-0.05, 0) is 36.4 Å².